The number of hydrogen-bond donors (Lipinski definition) is 1. The molecular formula is C9H10IN. The van der Waals surface area contributed by atoms with E-state index >= 15 is 0 Å². The van der Waals surface area contributed by atoms with Crippen LogP contribution in [-0.2, 0) is 6.42 Å². The average Bonchev–Trinajstić information content (AvgIpc) is 2.32. The summed E-state index contributed by atoms with van der Waals surface area (Å²) in [6.45, 7) is 0. The Balaban J connectivity index is 2.50. The molecule has 0 amide bonds. The van der Waals surface area contributed by atoms with E-state index in [-0.39, 0.29) is 0 Å². The number of fused-ring (bicyclic) bond motifs is 1. The van der Waals surface area contributed by atoms with Crippen LogP contribution in [0.4, 0.5) is 0 Å². The van der Waals surface area contributed by atoms with Gasteiger partial charge in [-0.25, -0.2) is 0 Å². The van der Waals surface area contributed by atoms with Crippen LogP contribution in [0.1, 0.15) is 23.6 Å². The maximum absolute atomic E-state index is 5.89. The second-order valence-electron chi connectivity index (χ2n) is 2.99. The Labute approximate surface area is 80.1 Å². The normalized spacial score (nSPS) is 21.8. The summed E-state index contributed by atoms with van der Waals surface area (Å²) in [5, 5.41) is 0. The first-order valence-corrected chi connectivity index (χ1v) is 4.89. The summed E-state index contributed by atoms with van der Waals surface area (Å²) in [4.78, 5) is 0. The second-order valence-corrected chi connectivity index (χ2v) is 4.23. The van der Waals surface area contributed by atoms with Crippen molar-refractivity contribution in [1.82, 2.24) is 0 Å². The Bertz CT molecular complexity index is 283. The summed E-state index contributed by atoms with van der Waals surface area (Å²) in [6.07, 6.45) is 2.28. The Morgan fingerprint density at radius 1 is 1.45 bits per heavy atom. The number of aryl methyl sites for hydroxylation is 1. The number of nitrogens with two attached hydrogens (primary N) is 1. The Hall–Kier alpha value is -0.0900. The fourth-order valence-corrected chi connectivity index (χ4v) is 2.17. The molecule has 2 N–H and O–H groups in total. The van der Waals surface area contributed by atoms with Crippen molar-refractivity contribution in [1.29, 1.82) is 0 Å². The van der Waals surface area contributed by atoms with Crippen molar-refractivity contribution in [2.45, 2.75) is 18.9 Å². The maximum Gasteiger partial charge on any atom is 0.0300 e. The van der Waals surface area contributed by atoms with Crippen LogP contribution in [-0.4, -0.2) is 0 Å². The molecule has 1 atom stereocenters. The van der Waals surface area contributed by atoms with Crippen LogP contribution in [0.15, 0.2) is 18.2 Å². The van der Waals surface area contributed by atoms with E-state index in [0.717, 1.165) is 12.8 Å². The number of hydrogen-bond acceptors (Lipinski definition) is 1. The zero-order valence-corrected chi connectivity index (χ0v) is 8.34. The molecule has 11 heavy (non-hydrogen) atoms. The van der Waals surface area contributed by atoms with Gasteiger partial charge in [-0.05, 0) is 58.7 Å². The molecule has 1 nitrogen and oxygen atoms in total. The minimum Gasteiger partial charge on any atom is -0.324 e. The van der Waals surface area contributed by atoms with Crippen molar-refractivity contribution >= 4 is 22.6 Å². The molecule has 0 spiro atoms. The summed E-state index contributed by atoms with van der Waals surface area (Å²) >= 11 is 2.34. The maximum atomic E-state index is 5.89. The molecule has 0 bridgehead atoms. The molecule has 58 valence electrons. The standard InChI is InChI=1S/C9H10IN/c10-7-2-3-8-6(5-7)1-4-9(8)11/h2-3,5,9H,1,4,11H2/t9-/m1/s1. The van der Waals surface area contributed by atoms with Gasteiger partial charge in [0, 0.05) is 9.61 Å². The largest absolute Gasteiger partial charge is 0.324 e. The van der Waals surface area contributed by atoms with Crippen molar-refractivity contribution in [3.05, 3.63) is 32.9 Å². The van der Waals surface area contributed by atoms with E-state index in [1.165, 1.54) is 14.7 Å². The van der Waals surface area contributed by atoms with Crippen molar-refractivity contribution in [3.8, 4) is 0 Å². The second kappa shape index (κ2) is 2.75. The smallest absolute Gasteiger partial charge is 0.0300 e. The third kappa shape index (κ3) is 1.29. The topological polar surface area (TPSA) is 26.0 Å². The number of benzene rings is 1. The molecule has 1 aromatic carbocycles. The quantitative estimate of drug-likeness (QED) is 0.710. The molecule has 0 saturated heterocycles. The van der Waals surface area contributed by atoms with Crippen molar-refractivity contribution < 1.29 is 0 Å². The van der Waals surface area contributed by atoms with Gasteiger partial charge in [-0.1, -0.05) is 6.07 Å². The molecule has 0 aromatic heterocycles. The van der Waals surface area contributed by atoms with Crippen molar-refractivity contribution in [2.24, 2.45) is 5.73 Å². The fourth-order valence-electron chi connectivity index (χ4n) is 1.62. The van der Waals surface area contributed by atoms with Crippen LogP contribution in [0, 0.1) is 3.57 Å². The molecule has 1 aliphatic carbocycles. The number of halogens is 1. The number of rotatable bonds is 0. The van der Waals surface area contributed by atoms with E-state index < -0.39 is 0 Å². The van der Waals surface area contributed by atoms with E-state index in [2.05, 4.69) is 40.8 Å². The molecule has 2 heteroatoms. The Morgan fingerprint density at radius 2 is 2.27 bits per heavy atom. The van der Waals surface area contributed by atoms with Gasteiger partial charge in [0.15, 0.2) is 0 Å². The molecule has 0 radical (unpaired) electrons. The van der Waals surface area contributed by atoms with Crippen LogP contribution in [0.3, 0.4) is 0 Å². The monoisotopic (exact) mass is 259 g/mol. The molecule has 0 aliphatic heterocycles. The lowest BCUT2D eigenvalue weighted by molar-refractivity contribution is 0.713. The summed E-state index contributed by atoms with van der Waals surface area (Å²) in [5.41, 5.74) is 8.69. The molecule has 2 rings (SSSR count). The van der Waals surface area contributed by atoms with Gasteiger partial charge in [0.05, 0.1) is 0 Å². The van der Waals surface area contributed by atoms with Gasteiger partial charge in [-0.3, -0.25) is 0 Å². The first-order valence-electron chi connectivity index (χ1n) is 3.81. The predicted molar refractivity (Wildman–Crippen MR) is 54.4 cm³/mol. The van der Waals surface area contributed by atoms with E-state index in [4.69, 9.17) is 5.73 Å². The molecule has 0 unspecified atom stereocenters. The van der Waals surface area contributed by atoms with Gasteiger partial charge in [0.1, 0.15) is 0 Å². The fraction of sp³-hybridized carbons (Fsp3) is 0.333. The highest BCUT2D eigenvalue weighted by molar-refractivity contribution is 14.1. The minimum absolute atomic E-state index is 0.294. The highest BCUT2D eigenvalue weighted by Gasteiger charge is 2.17. The molecular weight excluding hydrogens is 249 g/mol. The SMILES string of the molecule is N[C@@H]1CCc2cc(I)ccc21. The van der Waals surface area contributed by atoms with Crippen molar-refractivity contribution in [2.75, 3.05) is 0 Å². The van der Waals surface area contributed by atoms with Crippen LogP contribution in [0.25, 0.3) is 0 Å². The zero-order valence-electron chi connectivity index (χ0n) is 6.18. The highest BCUT2D eigenvalue weighted by Crippen LogP contribution is 2.29. The minimum atomic E-state index is 0.294. The Morgan fingerprint density at radius 3 is 3.09 bits per heavy atom. The molecule has 1 aromatic rings. The van der Waals surface area contributed by atoms with Gasteiger partial charge in [0.2, 0.25) is 0 Å². The molecule has 0 saturated carbocycles. The summed E-state index contributed by atoms with van der Waals surface area (Å²) in [6, 6.07) is 6.82. The lowest BCUT2D eigenvalue weighted by Crippen LogP contribution is -2.04. The van der Waals surface area contributed by atoms with Gasteiger partial charge < -0.3 is 5.73 Å². The van der Waals surface area contributed by atoms with Gasteiger partial charge in [-0.2, -0.15) is 0 Å². The summed E-state index contributed by atoms with van der Waals surface area (Å²) in [5.74, 6) is 0. The lowest BCUT2D eigenvalue weighted by Gasteiger charge is -2.03. The van der Waals surface area contributed by atoms with Gasteiger partial charge >= 0.3 is 0 Å². The summed E-state index contributed by atoms with van der Waals surface area (Å²) < 4.78 is 1.32. The van der Waals surface area contributed by atoms with Crippen LogP contribution < -0.4 is 5.73 Å². The molecule has 0 fully saturated rings. The third-order valence-corrected chi connectivity index (χ3v) is 2.90. The van der Waals surface area contributed by atoms with Crippen LogP contribution >= 0.6 is 22.6 Å². The van der Waals surface area contributed by atoms with Crippen molar-refractivity contribution in [3.63, 3.8) is 0 Å². The first-order chi connectivity index (χ1) is 5.27. The van der Waals surface area contributed by atoms with E-state index in [9.17, 15) is 0 Å². The van der Waals surface area contributed by atoms with Crippen LogP contribution in [0.5, 0.6) is 0 Å². The Kier molecular flexibility index (Phi) is 1.89. The average molecular weight is 259 g/mol. The summed E-state index contributed by atoms with van der Waals surface area (Å²) in [7, 11) is 0. The molecule has 1 aliphatic rings. The van der Waals surface area contributed by atoms with Crippen LogP contribution in [0.2, 0.25) is 0 Å². The molecule has 0 heterocycles. The lowest BCUT2D eigenvalue weighted by atomic mass is 10.1. The van der Waals surface area contributed by atoms with Gasteiger partial charge in [0.25, 0.3) is 0 Å². The third-order valence-electron chi connectivity index (χ3n) is 2.23. The van der Waals surface area contributed by atoms with E-state index in [1.807, 2.05) is 0 Å². The highest BCUT2D eigenvalue weighted by atomic mass is 127. The first kappa shape index (κ1) is 7.55. The van der Waals surface area contributed by atoms with E-state index in [0.29, 0.717) is 6.04 Å². The van der Waals surface area contributed by atoms with E-state index in [1.54, 1.807) is 0 Å². The predicted octanol–water partition coefficient (Wildman–Crippen LogP) is 2.24. The van der Waals surface area contributed by atoms with Gasteiger partial charge in [-0.15, -0.1) is 0 Å². The zero-order chi connectivity index (χ0) is 7.84.